The summed E-state index contributed by atoms with van der Waals surface area (Å²) in [6, 6.07) is 135. The Morgan fingerprint density at radius 1 is 0.230 bits per heavy atom. The van der Waals surface area contributed by atoms with E-state index in [4.69, 9.17) is 9.47 Å². The van der Waals surface area contributed by atoms with Crippen LogP contribution in [0.25, 0.3) is 104 Å². The van der Waals surface area contributed by atoms with Crippen LogP contribution >= 0.6 is 0 Å². The lowest BCUT2D eigenvalue weighted by Crippen LogP contribution is -2.14. The maximum Gasteiger partial charge on any atom is 0.140 e. The van der Waals surface area contributed by atoms with Crippen molar-refractivity contribution in [1.82, 2.24) is 4.57 Å². The van der Waals surface area contributed by atoms with Gasteiger partial charge in [0.05, 0.1) is 11.0 Å². The summed E-state index contributed by atoms with van der Waals surface area (Å²) in [6.07, 6.45) is 0. The number of hydrogen-bond acceptors (Lipinski definition) is 3. The van der Waals surface area contributed by atoms with E-state index in [-0.39, 0.29) is 11.8 Å². The summed E-state index contributed by atoms with van der Waals surface area (Å²) in [4.78, 5) is 2.37. The van der Waals surface area contributed by atoms with Crippen molar-refractivity contribution in [3.8, 4) is 62.1 Å². The molecule has 0 amide bonds. The van der Waals surface area contributed by atoms with Crippen molar-refractivity contribution in [2.75, 3.05) is 4.90 Å². The molecule has 2 unspecified atom stereocenters. The highest BCUT2D eigenvalue weighted by Crippen LogP contribution is 2.56. The molecule has 2 atom stereocenters. The zero-order chi connectivity index (χ0) is 66.0. The minimum absolute atomic E-state index is 0.0350. The molecule has 4 nitrogen and oxygen atoms in total. The van der Waals surface area contributed by atoms with E-state index in [1.165, 1.54) is 127 Å². The summed E-state index contributed by atoms with van der Waals surface area (Å²) in [5.74, 6) is 3.74. The fraction of sp³-hybridized carbons (Fsp3) is 0.0208. The molecule has 0 N–H and O–H groups in total. The first-order valence-corrected chi connectivity index (χ1v) is 34.4. The molecular formula is C96H64N2O2. The number of hydrogen-bond donors (Lipinski definition) is 0. The molecule has 0 saturated carbocycles. The maximum absolute atomic E-state index is 6.85. The predicted molar refractivity (Wildman–Crippen MR) is 416 cm³/mol. The van der Waals surface area contributed by atoms with Crippen LogP contribution in [0.15, 0.2) is 376 Å². The van der Waals surface area contributed by atoms with Gasteiger partial charge in [0, 0.05) is 78.4 Å². The Bertz CT molecular complexity index is 6060. The summed E-state index contributed by atoms with van der Waals surface area (Å²) >= 11 is 0. The molecule has 3 heterocycles. The molecule has 4 heteroatoms. The normalized spacial score (nSPS) is 13.6. The third-order valence-electron chi connectivity index (χ3n) is 20.5. The van der Waals surface area contributed by atoms with Gasteiger partial charge in [-0.1, -0.05) is 303 Å². The van der Waals surface area contributed by atoms with Crippen LogP contribution in [0.1, 0.15) is 45.2 Å². The molecule has 470 valence electrons. The minimum Gasteiger partial charge on any atom is -0.456 e. The first-order chi connectivity index (χ1) is 49.6. The second-order valence-electron chi connectivity index (χ2n) is 26.1. The van der Waals surface area contributed by atoms with Gasteiger partial charge in [-0.3, -0.25) is 0 Å². The molecule has 0 aliphatic carbocycles. The van der Waals surface area contributed by atoms with Crippen LogP contribution in [0, 0.1) is 0 Å². The van der Waals surface area contributed by atoms with E-state index in [2.05, 4.69) is 386 Å². The summed E-state index contributed by atoms with van der Waals surface area (Å²) in [5, 5.41) is 12.2. The van der Waals surface area contributed by atoms with Crippen LogP contribution in [0.2, 0.25) is 0 Å². The highest BCUT2D eigenvalue weighted by atomic mass is 16.5. The van der Waals surface area contributed by atoms with Crippen molar-refractivity contribution in [2.45, 2.75) is 11.8 Å². The van der Waals surface area contributed by atoms with Crippen molar-refractivity contribution in [3.63, 3.8) is 0 Å². The molecule has 20 rings (SSSR count). The van der Waals surface area contributed by atoms with E-state index >= 15 is 0 Å². The minimum atomic E-state index is -0.0350. The number of anilines is 3. The quantitative estimate of drug-likeness (QED) is 0.135. The second kappa shape index (κ2) is 24.6. The van der Waals surface area contributed by atoms with Gasteiger partial charge in [-0.05, 0) is 150 Å². The molecule has 2 aliphatic heterocycles. The van der Waals surface area contributed by atoms with Gasteiger partial charge in [-0.15, -0.1) is 0 Å². The molecule has 1 aromatic heterocycles. The first kappa shape index (κ1) is 58.3. The number of aromatic nitrogens is 1. The fourth-order valence-electron chi connectivity index (χ4n) is 15.9. The summed E-state index contributed by atoms with van der Waals surface area (Å²) in [6.45, 7) is 0. The molecule has 0 bridgehead atoms. The van der Waals surface area contributed by atoms with Crippen LogP contribution in [0.5, 0.6) is 23.0 Å². The number of ether oxygens (including phenoxy) is 2. The van der Waals surface area contributed by atoms with Gasteiger partial charge in [0.25, 0.3) is 0 Å². The van der Waals surface area contributed by atoms with E-state index in [0.717, 1.165) is 50.8 Å². The van der Waals surface area contributed by atoms with Gasteiger partial charge < -0.3 is 18.9 Å². The molecule has 17 aromatic carbocycles. The van der Waals surface area contributed by atoms with Crippen LogP contribution in [-0.4, -0.2) is 4.57 Å². The molecule has 100 heavy (non-hydrogen) atoms. The molecule has 2 aliphatic rings. The standard InChI is InChI=1S/C51H35NO.C45H29NO/c1-3-14-35(15-4-1)37-26-30-40(31-27-37)52(41-32-28-38(29-33-41)36-16-5-2-6-17-36)42-19-13-18-39(34-42)49-47-24-11-12-25-48(47)53-51-46-23-10-8-21-44(46)43-20-7-9-22-45(43)50(49)51;1-2-12-32(13-3-1)46-40-20-10-8-16-35(40)36-27-26-31(28-41(36)46)29-22-24-30(25-23-29)43-39-19-9-11-21-42(39)47-45-38-18-7-5-15-34(38)33-14-4-6-17-37(33)44(43)45/h1-34,49H;1-28,43H. The highest BCUT2D eigenvalue weighted by molar-refractivity contribution is 6.15. The maximum atomic E-state index is 6.85. The lowest BCUT2D eigenvalue weighted by atomic mass is 9.78. The van der Waals surface area contributed by atoms with Gasteiger partial charge >= 0.3 is 0 Å². The third-order valence-corrected chi connectivity index (χ3v) is 20.5. The number of fused-ring (bicyclic) bond motifs is 17. The summed E-state index contributed by atoms with van der Waals surface area (Å²) in [5.41, 5.74) is 21.4. The molecule has 0 radical (unpaired) electrons. The van der Waals surface area contributed by atoms with Crippen LogP contribution in [-0.2, 0) is 0 Å². The lowest BCUT2D eigenvalue weighted by molar-refractivity contribution is 0.460. The fourth-order valence-corrected chi connectivity index (χ4v) is 15.9. The number of nitrogens with zero attached hydrogens (tertiary/aromatic N) is 2. The SMILES string of the molecule is c1ccc(-c2ccc(N(c3ccc(-c4ccccc4)cc3)c3cccc(C4c5ccccc5Oc5c4c4ccccc4c4ccccc54)c3)cc2)cc1.c1ccc(-n2c3ccccc3c3ccc(-c4ccc(C5c6ccccc6Oc6c5c5ccccc5c5ccccc65)cc4)cc32)cc1. The Morgan fingerprint density at radius 3 is 1.14 bits per heavy atom. The van der Waals surface area contributed by atoms with Gasteiger partial charge in [0.2, 0.25) is 0 Å². The van der Waals surface area contributed by atoms with Gasteiger partial charge in [0.1, 0.15) is 23.0 Å². The number of rotatable bonds is 9. The van der Waals surface area contributed by atoms with Crippen LogP contribution in [0.4, 0.5) is 17.1 Å². The Hall–Kier alpha value is -13.0. The topological polar surface area (TPSA) is 26.6 Å². The van der Waals surface area contributed by atoms with E-state index in [1.54, 1.807) is 0 Å². The lowest BCUT2D eigenvalue weighted by Gasteiger charge is -2.32. The number of benzene rings is 17. The summed E-state index contributed by atoms with van der Waals surface area (Å²) in [7, 11) is 0. The summed E-state index contributed by atoms with van der Waals surface area (Å²) < 4.78 is 16.0. The largest absolute Gasteiger partial charge is 0.456 e. The number of para-hydroxylation sites is 4. The smallest absolute Gasteiger partial charge is 0.140 e. The highest BCUT2D eigenvalue weighted by Gasteiger charge is 2.35. The van der Waals surface area contributed by atoms with Crippen molar-refractivity contribution < 1.29 is 9.47 Å². The Morgan fingerprint density at radius 2 is 0.610 bits per heavy atom. The van der Waals surface area contributed by atoms with Crippen molar-refractivity contribution in [1.29, 1.82) is 0 Å². The van der Waals surface area contributed by atoms with Gasteiger partial charge in [0.15, 0.2) is 0 Å². The van der Waals surface area contributed by atoms with Crippen LogP contribution in [0.3, 0.4) is 0 Å². The average Bonchev–Trinajstić information content (AvgIpc) is 0.941. The molecular weight excluding hydrogens is 1210 g/mol. The first-order valence-electron chi connectivity index (χ1n) is 34.4. The van der Waals surface area contributed by atoms with Crippen molar-refractivity contribution >= 4 is 82.0 Å². The average molecular weight is 1280 g/mol. The monoisotopic (exact) mass is 1280 g/mol. The predicted octanol–water partition coefficient (Wildman–Crippen LogP) is 26.1. The van der Waals surface area contributed by atoms with E-state index in [0.29, 0.717) is 0 Å². The Balaban J connectivity index is 0.000000140. The molecule has 18 aromatic rings. The third kappa shape index (κ3) is 9.99. The second-order valence-corrected chi connectivity index (χ2v) is 26.1. The van der Waals surface area contributed by atoms with E-state index in [9.17, 15) is 0 Å². The zero-order valence-electron chi connectivity index (χ0n) is 54.7. The Labute approximate surface area is 580 Å². The Kier molecular flexibility index (Phi) is 14.3. The molecule has 0 spiro atoms. The zero-order valence-corrected chi connectivity index (χ0v) is 54.7. The molecule has 0 fully saturated rings. The van der Waals surface area contributed by atoms with Gasteiger partial charge in [-0.2, -0.15) is 0 Å². The van der Waals surface area contributed by atoms with Crippen LogP contribution < -0.4 is 14.4 Å². The van der Waals surface area contributed by atoms with Crippen molar-refractivity contribution in [3.05, 3.63) is 409 Å². The van der Waals surface area contributed by atoms with Gasteiger partial charge in [-0.25, -0.2) is 0 Å². The molecule has 0 saturated heterocycles. The van der Waals surface area contributed by atoms with E-state index < -0.39 is 0 Å². The van der Waals surface area contributed by atoms with Crippen molar-refractivity contribution in [2.24, 2.45) is 0 Å². The van der Waals surface area contributed by atoms with E-state index in [1.807, 2.05) is 0 Å².